The van der Waals surface area contributed by atoms with E-state index in [9.17, 15) is 13.2 Å². The Balaban J connectivity index is 1.66. The maximum atomic E-state index is 12.8. The van der Waals surface area contributed by atoms with Crippen molar-refractivity contribution in [3.05, 3.63) is 70.9 Å². The lowest BCUT2D eigenvalue weighted by atomic mass is 10.1. The van der Waals surface area contributed by atoms with Crippen LogP contribution in [0.5, 0.6) is 0 Å². The van der Waals surface area contributed by atoms with Crippen molar-refractivity contribution in [2.24, 2.45) is 0 Å². The van der Waals surface area contributed by atoms with E-state index in [1.807, 2.05) is 13.0 Å². The first-order valence-corrected chi connectivity index (χ1v) is 11.0. The molecule has 0 fully saturated rings. The third-order valence-electron chi connectivity index (χ3n) is 4.46. The van der Waals surface area contributed by atoms with E-state index in [0.717, 1.165) is 5.56 Å². The van der Waals surface area contributed by atoms with Gasteiger partial charge in [-0.15, -0.1) is 0 Å². The number of aryl methyl sites for hydroxylation is 4. The highest BCUT2D eigenvalue weighted by Gasteiger charge is 2.18. The topological polar surface area (TPSA) is 114 Å². The monoisotopic (exact) mass is 428 g/mol. The smallest absolute Gasteiger partial charge is 0.261 e. The number of nitrogens with zero attached hydrogens (tertiary/aromatic N) is 2. The van der Waals surface area contributed by atoms with Gasteiger partial charge in [-0.05, 0) is 62.6 Å². The quantitative estimate of drug-likeness (QED) is 0.533. The molecule has 3 aromatic rings. The Bertz CT molecular complexity index is 1160. The molecule has 8 nitrogen and oxygen atoms in total. The highest BCUT2D eigenvalue weighted by Crippen LogP contribution is 2.20. The summed E-state index contributed by atoms with van der Waals surface area (Å²) in [7, 11) is -3.82. The zero-order chi connectivity index (χ0) is 21.7. The summed E-state index contributed by atoms with van der Waals surface area (Å²) in [5.41, 5.74) is 2.41. The van der Waals surface area contributed by atoms with Crippen molar-refractivity contribution in [3.8, 4) is 0 Å². The molecule has 1 heterocycles. The normalized spacial score (nSPS) is 11.3. The van der Waals surface area contributed by atoms with Gasteiger partial charge in [-0.1, -0.05) is 23.4 Å². The molecule has 0 spiro atoms. The second-order valence-corrected chi connectivity index (χ2v) is 8.73. The van der Waals surface area contributed by atoms with E-state index < -0.39 is 10.0 Å². The second kappa shape index (κ2) is 9.08. The van der Waals surface area contributed by atoms with Crippen LogP contribution in [-0.4, -0.2) is 31.0 Å². The van der Waals surface area contributed by atoms with E-state index in [0.29, 0.717) is 47.9 Å². The Morgan fingerprint density at radius 1 is 1.10 bits per heavy atom. The van der Waals surface area contributed by atoms with Crippen LogP contribution in [-0.2, 0) is 16.4 Å². The maximum absolute atomic E-state index is 12.8. The lowest BCUT2D eigenvalue weighted by molar-refractivity contribution is 0.0952. The second-order valence-electron chi connectivity index (χ2n) is 7.05. The number of carbonyl (C=O) groups excluding carboxylic acids is 1. The first-order valence-electron chi connectivity index (χ1n) is 9.52. The zero-order valence-electron chi connectivity index (χ0n) is 17.1. The Morgan fingerprint density at radius 2 is 1.90 bits per heavy atom. The molecule has 0 bridgehead atoms. The SMILES string of the molecule is Cc1cccc(NS(=O)(=O)c2ccc(C)c(C(=O)NCCCc3nc(C)no3)c2)c1. The molecule has 158 valence electrons. The molecular weight excluding hydrogens is 404 g/mol. The summed E-state index contributed by atoms with van der Waals surface area (Å²) >= 11 is 0. The van der Waals surface area contributed by atoms with Gasteiger partial charge in [-0.2, -0.15) is 4.98 Å². The Hall–Kier alpha value is -3.20. The van der Waals surface area contributed by atoms with Gasteiger partial charge in [0.2, 0.25) is 5.89 Å². The fourth-order valence-corrected chi connectivity index (χ4v) is 3.99. The van der Waals surface area contributed by atoms with Crippen molar-refractivity contribution in [2.45, 2.75) is 38.5 Å². The summed E-state index contributed by atoms with van der Waals surface area (Å²) in [4.78, 5) is 16.7. The predicted octanol–water partition coefficient (Wildman–Crippen LogP) is 3.16. The van der Waals surface area contributed by atoms with E-state index in [1.54, 1.807) is 38.1 Å². The molecule has 0 saturated heterocycles. The Labute approximate surface area is 175 Å². The molecule has 0 radical (unpaired) electrons. The molecule has 0 aliphatic rings. The number of anilines is 1. The first kappa shape index (κ1) is 21.5. The lowest BCUT2D eigenvalue weighted by Gasteiger charge is -2.12. The van der Waals surface area contributed by atoms with Gasteiger partial charge in [0.05, 0.1) is 4.90 Å². The number of rotatable bonds is 8. The van der Waals surface area contributed by atoms with Crippen molar-refractivity contribution in [1.29, 1.82) is 0 Å². The number of aromatic nitrogens is 2. The van der Waals surface area contributed by atoms with Gasteiger partial charge in [0, 0.05) is 24.2 Å². The molecule has 0 saturated carbocycles. The van der Waals surface area contributed by atoms with Crippen molar-refractivity contribution in [1.82, 2.24) is 15.5 Å². The Kier molecular flexibility index (Phi) is 6.51. The van der Waals surface area contributed by atoms with E-state index >= 15 is 0 Å². The molecular formula is C21H24N4O4S. The number of amides is 1. The van der Waals surface area contributed by atoms with Crippen LogP contribution in [0, 0.1) is 20.8 Å². The van der Waals surface area contributed by atoms with Crippen LogP contribution in [0.1, 0.15) is 39.6 Å². The first-order chi connectivity index (χ1) is 14.2. The van der Waals surface area contributed by atoms with Gasteiger partial charge in [0.15, 0.2) is 5.82 Å². The summed E-state index contributed by atoms with van der Waals surface area (Å²) in [6.45, 7) is 5.79. The number of nitrogens with one attached hydrogen (secondary N) is 2. The standard InChI is InChI=1S/C21H24N4O4S/c1-14-6-4-7-17(12-14)25-30(27,28)18-10-9-15(2)19(13-18)21(26)22-11-5-8-20-23-16(3)24-29-20/h4,6-7,9-10,12-13,25H,5,8,11H2,1-3H3,(H,22,26). The van der Waals surface area contributed by atoms with Crippen LogP contribution in [0.3, 0.4) is 0 Å². The van der Waals surface area contributed by atoms with Crippen LogP contribution >= 0.6 is 0 Å². The summed E-state index contributed by atoms with van der Waals surface area (Å²) in [5.74, 6) is 0.761. The van der Waals surface area contributed by atoms with Crippen molar-refractivity contribution < 1.29 is 17.7 Å². The molecule has 9 heteroatoms. The number of benzene rings is 2. The largest absolute Gasteiger partial charge is 0.352 e. The summed E-state index contributed by atoms with van der Waals surface area (Å²) in [6.07, 6.45) is 1.17. The summed E-state index contributed by atoms with van der Waals surface area (Å²) in [5, 5.41) is 6.53. The van der Waals surface area contributed by atoms with Crippen LogP contribution in [0.25, 0.3) is 0 Å². The van der Waals surface area contributed by atoms with Crippen LogP contribution in [0.4, 0.5) is 5.69 Å². The van der Waals surface area contributed by atoms with Crippen molar-refractivity contribution in [2.75, 3.05) is 11.3 Å². The third kappa shape index (κ3) is 5.44. The zero-order valence-corrected chi connectivity index (χ0v) is 17.9. The van der Waals surface area contributed by atoms with Gasteiger partial charge in [0.25, 0.3) is 15.9 Å². The predicted molar refractivity (Wildman–Crippen MR) is 113 cm³/mol. The van der Waals surface area contributed by atoms with Gasteiger partial charge in [-0.25, -0.2) is 8.42 Å². The van der Waals surface area contributed by atoms with E-state index in [2.05, 4.69) is 20.2 Å². The van der Waals surface area contributed by atoms with Crippen molar-refractivity contribution in [3.63, 3.8) is 0 Å². The van der Waals surface area contributed by atoms with E-state index in [1.165, 1.54) is 12.1 Å². The summed E-state index contributed by atoms with van der Waals surface area (Å²) < 4.78 is 33.1. The number of sulfonamides is 1. The van der Waals surface area contributed by atoms with Gasteiger partial charge in [-0.3, -0.25) is 9.52 Å². The fraction of sp³-hybridized carbons (Fsp3) is 0.286. The third-order valence-corrected chi connectivity index (χ3v) is 5.84. The molecule has 1 aromatic heterocycles. The number of hydrogen-bond acceptors (Lipinski definition) is 6. The molecule has 0 aliphatic carbocycles. The molecule has 0 aliphatic heterocycles. The molecule has 0 atom stereocenters. The minimum Gasteiger partial charge on any atom is -0.352 e. The molecule has 2 aromatic carbocycles. The van der Waals surface area contributed by atoms with E-state index in [-0.39, 0.29) is 10.8 Å². The molecule has 0 unspecified atom stereocenters. The minimum absolute atomic E-state index is 0.0288. The molecule has 2 N–H and O–H groups in total. The maximum Gasteiger partial charge on any atom is 0.261 e. The van der Waals surface area contributed by atoms with Crippen LogP contribution in [0.15, 0.2) is 51.9 Å². The minimum atomic E-state index is -3.82. The molecule has 3 rings (SSSR count). The lowest BCUT2D eigenvalue weighted by Crippen LogP contribution is -2.26. The number of carbonyl (C=O) groups is 1. The average molecular weight is 429 g/mol. The van der Waals surface area contributed by atoms with Gasteiger partial charge < -0.3 is 9.84 Å². The summed E-state index contributed by atoms with van der Waals surface area (Å²) in [6, 6.07) is 11.6. The average Bonchev–Trinajstić information content (AvgIpc) is 3.10. The van der Waals surface area contributed by atoms with Gasteiger partial charge in [0.1, 0.15) is 0 Å². The van der Waals surface area contributed by atoms with E-state index in [4.69, 9.17) is 4.52 Å². The highest BCUT2D eigenvalue weighted by atomic mass is 32.2. The van der Waals surface area contributed by atoms with Crippen LogP contribution < -0.4 is 10.0 Å². The van der Waals surface area contributed by atoms with Gasteiger partial charge >= 0.3 is 0 Å². The fourth-order valence-electron chi connectivity index (χ4n) is 2.91. The number of hydrogen-bond donors (Lipinski definition) is 2. The molecule has 1 amide bonds. The van der Waals surface area contributed by atoms with Crippen LogP contribution in [0.2, 0.25) is 0 Å². The van der Waals surface area contributed by atoms with Crippen molar-refractivity contribution >= 4 is 21.6 Å². The molecule has 30 heavy (non-hydrogen) atoms. The highest BCUT2D eigenvalue weighted by molar-refractivity contribution is 7.92. The Morgan fingerprint density at radius 3 is 2.60 bits per heavy atom.